The smallest absolute Gasteiger partial charge is 0.283 e. The largest absolute Gasteiger partial charge is 0.494 e. The van der Waals surface area contributed by atoms with Crippen LogP contribution >= 0.6 is 11.8 Å². The van der Waals surface area contributed by atoms with Gasteiger partial charge in [0.1, 0.15) is 16.4 Å². The highest BCUT2D eigenvalue weighted by atomic mass is 32.2. The number of ether oxygens (including phenoxy) is 1. The second kappa shape index (κ2) is 9.32. The van der Waals surface area contributed by atoms with Gasteiger partial charge in [-0.2, -0.15) is 0 Å². The fourth-order valence-electron chi connectivity index (χ4n) is 3.31. The Morgan fingerprint density at radius 3 is 2.00 bits per heavy atom. The third-order valence-electron chi connectivity index (χ3n) is 5.01. The standard InChI is InChI=1S/C26H24N2O3S/c1-4-31-21-13-9-19(10-14-21)27-23-24(32-22-15-7-18(3)8-16-22)26(30)28(25(23)29)20-11-5-17(2)6-12-20/h5-16,27H,4H2,1-3H3. The number of nitrogens with zero attached hydrogens (tertiary/aromatic N) is 1. The number of aryl methyl sites for hydroxylation is 2. The molecule has 1 N–H and O–H groups in total. The number of benzene rings is 3. The van der Waals surface area contributed by atoms with Crippen LogP contribution < -0.4 is 15.0 Å². The molecule has 0 spiro atoms. The molecule has 0 atom stereocenters. The number of thioether (sulfide) groups is 1. The van der Waals surface area contributed by atoms with Gasteiger partial charge < -0.3 is 10.1 Å². The maximum absolute atomic E-state index is 13.4. The maximum atomic E-state index is 13.4. The van der Waals surface area contributed by atoms with Crippen molar-refractivity contribution < 1.29 is 14.3 Å². The highest BCUT2D eigenvalue weighted by Crippen LogP contribution is 2.38. The molecule has 0 fully saturated rings. The molecule has 0 saturated heterocycles. The van der Waals surface area contributed by atoms with Gasteiger partial charge in [0.05, 0.1) is 12.3 Å². The van der Waals surface area contributed by atoms with Crippen LogP contribution in [0.15, 0.2) is 88.3 Å². The van der Waals surface area contributed by atoms with Gasteiger partial charge >= 0.3 is 0 Å². The van der Waals surface area contributed by atoms with Gasteiger partial charge in [-0.15, -0.1) is 0 Å². The highest BCUT2D eigenvalue weighted by molar-refractivity contribution is 8.04. The number of amides is 2. The molecule has 162 valence electrons. The van der Waals surface area contributed by atoms with E-state index in [1.807, 2.05) is 81.4 Å². The van der Waals surface area contributed by atoms with Gasteiger partial charge in [-0.3, -0.25) is 9.59 Å². The van der Waals surface area contributed by atoms with Gasteiger partial charge in [-0.1, -0.05) is 47.2 Å². The number of carbonyl (C=O) groups excluding carboxylic acids is 2. The summed E-state index contributed by atoms with van der Waals surface area (Å²) in [5, 5.41) is 3.17. The first-order chi connectivity index (χ1) is 15.5. The lowest BCUT2D eigenvalue weighted by Crippen LogP contribution is -2.32. The van der Waals surface area contributed by atoms with Crippen molar-refractivity contribution in [3.63, 3.8) is 0 Å². The quantitative estimate of drug-likeness (QED) is 0.474. The molecule has 0 radical (unpaired) electrons. The van der Waals surface area contributed by atoms with Crippen molar-refractivity contribution >= 4 is 35.0 Å². The number of carbonyl (C=O) groups is 2. The summed E-state index contributed by atoms with van der Waals surface area (Å²) in [6, 6.07) is 22.6. The zero-order valence-electron chi connectivity index (χ0n) is 18.2. The Hall–Kier alpha value is -3.51. The summed E-state index contributed by atoms with van der Waals surface area (Å²) in [6.45, 7) is 6.48. The predicted octanol–water partition coefficient (Wildman–Crippen LogP) is 5.69. The van der Waals surface area contributed by atoms with E-state index in [1.165, 1.54) is 16.7 Å². The van der Waals surface area contributed by atoms with Crippen LogP contribution in [0.2, 0.25) is 0 Å². The molecular formula is C26H24N2O3S. The van der Waals surface area contributed by atoms with Gasteiger partial charge in [0.15, 0.2) is 0 Å². The molecule has 3 aromatic carbocycles. The van der Waals surface area contributed by atoms with Gasteiger partial charge in [0.2, 0.25) is 0 Å². The van der Waals surface area contributed by atoms with Crippen molar-refractivity contribution in [2.45, 2.75) is 25.7 Å². The molecule has 3 aromatic rings. The second-order valence-corrected chi connectivity index (χ2v) is 8.57. The van der Waals surface area contributed by atoms with E-state index in [-0.39, 0.29) is 17.5 Å². The topological polar surface area (TPSA) is 58.6 Å². The maximum Gasteiger partial charge on any atom is 0.283 e. The molecule has 1 aliphatic rings. The fraction of sp³-hybridized carbons (Fsp3) is 0.154. The van der Waals surface area contributed by atoms with Crippen LogP contribution in [0.4, 0.5) is 11.4 Å². The lowest BCUT2D eigenvalue weighted by atomic mass is 10.2. The molecule has 4 rings (SSSR count). The lowest BCUT2D eigenvalue weighted by Gasteiger charge is -2.15. The fourth-order valence-corrected chi connectivity index (χ4v) is 4.24. The summed E-state index contributed by atoms with van der Waals surface area (Å²) >= 11 is 1.29. The van der Waals surface area contributed by atoms with Crippen LogP contribution in [0.1, 0.15) is 18.1 Å². The van der Waals surface area contributed by atoms with Crippen molar-refractivity contribution in [2.75, 3.05) is 16.8 Å². The van der Waals surface area contributed by atoms with Crippen molar-refractivity contribution in [2.24, 2.45) is 0 Å². The second-order valence-electron chi connectivity index (χ2n) is 7.48. The molecule has 0 saturated carbocycles. The van der Waals surface area contributed by atoms with E-state index >= 15 is 0 Å². The summed E-state index contributed by atoms with van der Waals surface area (Å²) in [5.74, 6) is 0.0385. The highest BCUT2D eigenvalue weighted by Gasteiger charge is 2.40. The van der Waals surface area contributed by atoms with E-state index in [9.17, 15) is 9.59 Å². The Kier molecular flexibility index (Phi) is 6.32. The van der Waals surface area contributed by atoms with Crippen molar-refractivity contribution in [3.8, 4) is 5.75 Å². The molecule has 1 heterocycles. The van der Waals surface area contributed by atoms with Gasteiger partial charge in [0.25, 0.3) is 11.8 Å². The molecule has 32 heavy (non-hydrogen) atoms. The number of rotatable bonds is 7. The first kappa shape index (κ1) is 21.7. The summed E-state index contributed by atoms with van der Waals surface area (Å²) in [7, 11) is 0. The first-order valence-electron chi connectivity index (χ1n) is 10.4. The van der Waals surface area contributed by atoms with E-state index in [2.05, 4.69) is 5.32 Å². The van der Waals surface area contributed by atoms with Crippen LogP contribution in [-0.2, 0) is 9.59 Å². The minimum Gasteiger partial charge on any atom is -0.494 e. The van der Waals surface area contributed by atoms with Gasteiger partial charge in [-0.25, -0.2) is 4.90 Å². The monoisotopic (exact) mass is 444 g/mol. The average Bonchev–Trinajstić information content (AvgIpc) is 3.01. The number of nitrogens with one attached hydrogen (secondary N) is 1. The van der Waals surface area contributed by atoms with E-state index in [1.54, 1.807) is 12.1 Å². The third kappa shape index (κ3) is 4.55. The Bertz CT molecular complexity index is 1170. The predicted molar refractivity (Wildman–Crippen MR) is 129 cm³/mol. The molecule has 1 aliphatic heterocycles. The van der Waals surface area contributed by atoms with Crippen LogP contribution in [0, 0.1) is 13.8 Å². The Morgan fingerprint density at radius 1 is 0.812 bits per heavy atom. The third-order valence-corrected chi connectivity index (χ3v) is 6.10. The first-order valence-corrected chi connectivity index (χ1v) is 11.2. The molecule has 2 amide bonds. The SMILES string of the molecule is CCOc1ccc(NC2=C(Sc3ccc(C)cc3)C(=O)N(c3ccc(C)cc3)C2=O)cc1. The Labute approximate surface area is 192 Å². The summed E-state index contributed by atoms with van der Waals surface area (Å²) < 4.78 is 5.49. The number of imide groups is 1. The number of hydrogen-bond acceptors (Lipinski definition) is 5. The lowest BCUT2D eigenvalue weighted by molar-refractivity contribution is -0.120. The van der Waals surface area contributed by atoms with E-state index in [0.29, 0.717) is 22.9 Å². The molecule has 5 nitrogen and oxygen atoms in total. The van der Waals surface area contributed by atoms with E-state index in [4.69, 9.17) is 4.74 Å². The molecule has 6 heteroatoms. The van der Waals surface area contributed by atoms with Crippen molar-refractivity contribution in [1.82, 2.24) is 0 Å². The zero-order valence-corrected chi connectivity index (χ0v) is 19.0. The van der Waals surface area contributed by atoms with Gasteiger partial charge in [0, 0.05) is 10.6 Å². The van der Waals surface area contributed by atoms with Crippen molar-refractivity contribution in [1.29, 1.82) is 0 Å². The van der Waals surface area contributed by atoms with Crippen LogP contribution in [0.3, 0.4) is 0 Å². The Balaban J connectivity index is 1.69. The van der Waals surface area contributed by atoms with E-state index < -0.39 is 0 Å². The zero-order chi connectivity index (χ0) is 22.7. The molecule has 0 unspecified atom stereocenters. The van der Waals surface area contributed by atoms with Crippen LogP contribution in [-0.4, -0.2) is 18.4 Å². The van der Waals surface area contributed by atoms with Crippen LogP contribution in [0.5, 0.6) is 5.75 Å². The summed E-state index contributed by atoms with van der Waals surface area (Å²) in [5.41, 5.74) is 3.72. The van der Waals surface area contributed by atoms with Crippen molar-refractivity contribution in [3.05, 3.63) is 94.5 Å². The minimum atomic E-state index is -0.373. The van der Waals surface area contributed by atoms with Crippen LogP contribution in [0.25, 0.3) is 0 Å². The van der Waals surface area contributed by atoms with E-state index in [0.717, 1.165) is 21.8 Å². The summed E-state index contributed by atoms with van der Waals surface area (Å²) in [6.07, 6.45) is 0. The minimum absolute atomic E-state index is 0.269. The molecule has 0 aromatic heterocycles. The average molecular weight is 445 g/mol. The normalized spacial score (nSPS) is 13.7. The summed E-state index contributed by atoms with van der Waals surface area (Å²) in [4.78, 5) is 29.2. The van der Waals surface area contributed by atoms with Gasteiger partial charge in [-0.05, 0) is 69.3 Å². The number of anilines is 2. The molecule has 0 bridgehead atoms. The number of hydrogen-bond donors (Lipinski definition) is 1. The Morgan fingerprint density at radius 2 is 1.41 bits per heavy atom. The molecule has 0 aliphatic carbocycles. The molecular weight excluding hydrogens is 420 g/mol.